The molecular formula is C14H13FN2O. The summed E-state index contributed by atoms with van der Waals surface area (Å²) in [5.74, 6) is -0.428. The zero-order valence-electron chi connectivity index (χ0n) is 9.69. The molecule has 2 rings (SSSR count). The summed E-state index contributed by atoms with van der Waals surface area (Å²) in [6.45, 7) is 0.104. The lowest BCUT2D eigenvalue weighted by Gasteiger charge is -2.06. The fourth-order valence-corrected chi connectivity index (χ4v) is 1.59. The second-order valence-corrected chi connectivity index (χ2v) is 3.91. The Kier molecular flexibility index (Phi) is 3.57. The molecule has 0 radical (unpaired) electrons. The predicted octanol–water partition coefficient (Wildman–Crippen LogP) is 2.70. The number of Topliss-reactive ketones (excluding diaryl/α,β-unsaturated/α-hetero) is 1. The Bertz CT molecular complexity index is 569. The summed E-state index contributed by atoms with van der Waals surface area (Å²) in [5, 5.41) is 2.87. The Morgan fingerprint density at radius 2 is 1.94 bits per heavy atom. The molecule has 0 fully saturated rings. The van der Waals surface area contributed by atoms with Gasteiger partial charge < -0.3 is 11.1 Å². The molecule has 2 aromatic rings. The zero-order chi connectivity index (χ0) is 13.0. The number of carbonyl (C=O) groups excluding carboxylic acids is 1. The fraction of sp³-hybridized carbons (Fsp3) is 0.0714. The van der Waals surface area contributed by atoms with Gasteiger partial charge in [0.1, 0.15) is 5.82 Å². The number of halogens is 1. The molecular weight excluding hydrogens is 231 g/mol. The van der Waals surface area contributed by atoms with Gasteiger partial charge in [0.25, 0.3) is 0 Å². The zero-order valence-corrected chi connectivity index (χ0v) is 9.69. The van der Waals surface area contributed by atoms with Gasteiger partial charge in [-0.1, -0.05) is 18.2 Å². The molecule has 92 valence electrons. The fourth-order valence-electron chi connectivity index (χ4n) is 1.59. The minimum atomic E-state index is -0.337. The van der Waals surface area contributed by atoms with Gasteiger partial charge in [-0.25, -0.2) is 4.39 Å². The molecule has 3 N–H and O–H groups in total. The number of hydrogen-bond acceptors (Lipinski definition) is 3. The highest BCUT2D eigenvalue weighted by Crippen LogP contribution is 2.11. The van der Waals surface area contributed by atoms with Gasteiger partial charge in [0.2, 0.25) is 0 Å². The lowest BCUT2D eigenvalue weighted by atomic mass is 10.1. The van der Waals surface area contributed by atoms with E-state index in [0.29, 0.717) is 16.9 Å². The van der Waals surface area contributed by atoms with Crippen molar-refractivity contribution in [3.63, 3.8) is 0 Å². The molecule has 2 aromatic carbocycles. The van der Waals surface area contributed by atoms with Crippen LogP contribution in [-0.2, 0) is 0 Å². The van der Waals surface area contributed by atoms with E-state index in [1.54, 1.807) is 36.4 Å². The van der Waals surface area contributed by atoms with Gasteiger partial charge in [0, 0.05) is 16.9 Å². The van der Waals surface area contributed by atoms with E-state index in [1.807, 2.05) is 0 Å². The monoisotopic (exact) mass is 244 g/mol. The van der Waals surface area contributed by atoms with Crippen molar-refractivity contribution in [2.75, 3.05) is 17.6 Å². The molecule has 0 unspecified atom stereocenters. The van der Waals surface area contributed by atoms with E-state index in [0.717, 1.165) is 0 Å². The molecule has 3 nitrogen and oxygen atoms in total. The van der Waals surface area contributed by atoms with Crippen LogP contribution in [0.2, 0.25) is 0 Å². The maximum Gasteiger partial charge on any atom is 0.181 e. The van der Waals surface area contributed by atoms with Crippen molar-refractivity contribution in [3.8, 4) is 0 Å². The first-order valence-electron chi connectivity index (χ1n) is 5.53. The van der Waals surface area contributed by atoms with Gasteiger partial charge in [-0.05, 0) is 30.3 Å². The molecule has 0 atom stereocenters. The summed E-state index contributed by atoms with van der Waals surface area (Å²) in [4.78, 5) is 11.8. The standard InChI is InChI=1S/C14H13FN2O/c15-11-4-2-6-13(8-11)17-9-14(18)10-3-1-5-12(16)7-10/h1-8,17H,9,16H2. The third-order valence-electron chi connectivity index (χ3n) is 2.49. The van der Waals surface area contributed by atoms with E-state index in [1.165, 1.54) is 12.1 Å². The van der Waals surface area contributed by atoms with E-state index in [-0.39, 0.29) is 18.1 Å². The number of carbonyl (C=O) groups is 1. The van der Waals surface area contributed by atoms with Crippen molar-refractivity contribution < 1.29 is 9.18 Å². The van der Waals surface area contributed by atoms with Gasteiger partial charge >= 0.3 is 0 Å². The van der Waals surface area contributed by atoms with Gasteiger partial charge in [-0.3, -0.25) is 4.79 Å². The summed E-state index contributed by atoms with van der Waals surface area (Å²) in [6.07, 6.45) is 0. The van der Waals surface area contributed by atoms with Crippen molar-refractivity contribution in [2.45, 2.75) is 0 Å². The molecule has 0 bridgehead atoms. The molecule has 0 saturated carbocycles. The van der Waals surface area contributed by atoms with Crippen LogP contribution in [0.5, 0.6) is 0 Å². The number of benzene rings is 2. The number of anilines is 2. The predicted molar refractivity (Wildman–Crippen MR) is 70.1 cm³/mol. The second-order valence-electron chi connectivity index (χ2n) is 3.91. The third kappa shape index (κ3) is 3.07. The second kappa shape index (κ2) is 5.31. The Labute approximate surface area is 104 Å². The Balaban J connectivity index is 2.00. The summed E-state index contributed by atoms with van der Waals surface area (Å²) < 4.78 is 12.9. The van der Waals surface area contributed by atoms with Crippen LogP contribution in [-0.4, -0.2) is 12.3 Å². The van der Waals surface area contributed by atoms with E-state index in [4.69, 9.17) is 5.73 Å². The van der Waals surface area contributed by atoms with Crippen LogP contribution in [0.4, 0.5) is 15.8 Å². The van der Waals surface area contributed by atoms with E-state index in [9.17, 15) is 9.18 Å². The highest BCUT2D eigenvalue weighted by molar-refractivity contribution is 5.99. The van der Waals surface area contributed by atoms with E-state index >= 15 is 0 Å². The molecule has 0 aliphatic heterocycles. The molecule has 0 saturated heterocycles. The molecule has 0 aromatic heterocycles. The molecule has 0 aliphatic rings. The number of nitrogens with two attached hydrogens (primary N) is 1. The van der Waals surface area contributed by atoms with Crippen LogP contribution >= 0.6 is 0 Å². The maximum absolute atomic E-state index is 12.9. The van der Waals surface area contributed by atoms with E-state index in [2.05, 4.69) is 5.32 Å². The third-order valence-corrected chi connectivity index (χ3v) is 2.49. The quantitative estimate of drug-likeness (QED) is 0.642. The van der Waals surface area contributed by atoms with Crippen LogP contribution in [0.1, 0.15) is 10.4 Å². The summed E-state index contributed by atoms with van der Waals surface area (Å²) >= 11 is 0. The maximum atomic E-state index is 12.9. The number of rotatable bonds is 4. The van der Waals surface area contributed by atoms with Crippen molar-refractivity contribution in [1.82, 2.24) is 0 Å². The molecule has 0 amide bonds. The Morgan fingerprint density at radius 3 is 2.67 bits per heavy atom. The first-order chi connectivity index (χ1) is 8.65. The van der Waals surface area contributed by atoms with Gasteiger partial charge in [-0.2, -0.15) is 0 Å². The lowest BCUT2D eigenvalue weighted by Crippen LogP contribution is -2.14. The molecule has 0 spiro atoms. The van der Waals surface area contributed by atoms with Crippen molar-refractivity contribution >= 4 is 17.2 Å². The summed E-state index contributed by atoms with van der Waals surface area (Å²) in [6, 6.07) is 12.7. The topological polar surface area (TPSA) is 55.1 Å². The van der Waals surface area contributed by atoms with Crippen LogP contribution < -0.4 is 11.1 Å². The summed E-state index contributed by atoms with van der Waals surface area (Å²) in [5.41, 5.74) is 7.27. The SMILES string of the molecule is Nc1cccc(C(=O)CNc2cccc(F)c2)c1. The number of nitrogen functional groups attached to an aromatic ring is 1. The highest BCUT2D eigenvalue weighted by atomic mass is 19.1. The first kappa shape index (κ1) is 12.1. The number of nitrogens with one attached hydrogen (secondary N) is 1. The van der Waals surface area contributed by atoms with Crippen LogP contribution in [0.15, 0.2) is 48.5 Å². The average Bonchev–Trinajstić information content (AvgIpc) is 2.36. The van der Waals surface area contributed by atoms with Crippen molar-refractivity contribution in [3.05, 3.63) is 59.9 Å². The lowest BCUT2D eigenvalue weighted by molar-refractivity contribution is 0.101. The van der Waals surface area contributed by atoms with Gasteiger partial charge in [0.15, 0.2) is 5.78 Å². The number of ketones is 1. The largest absolute Gasteiger partial charge is 0.399 e. The molecule has 4 heteroatoms. The Hall–Kier alpha value is -2.36. The first-order valence-corrected chi connectivity index (χ1v) is 5.53. The molecule has 18 heavy (non-hydrogen) atoms. The van der Waals surface area contributed by atoms with Crippen LogP contribution in [0.25, 0.3) is 0 Å². The van der Waals surface area contributed by atoms with Crippen molar-refractivity contribution in [1.29, 1.82) is 0 Å². The molecule has 0 heterocycles. The van der Waals surface area contributed by atoms with Gasteiger partial charge in [0.05, 0.1) is 6.54 Å². The highest BCUT2D eigenvalue weighted by Gasteiger charge is 2.05. The van der Waals surface area contributed by atoms with Crippen LogP contribution in [0, 0.1) is 5.82 Å². The van der Waals surface area contributed by atoms with Crippen LogP contribution in [0.3, 0.4) is 0 Å². The van der Waals surface area contributed by atoms with E-state index < -0.39 is 0 Å². The smallest absolute Gasteiger partial charge is 0.181 e. The average molecular weight is 244 g/mol. The number of hydrogen-bond donors (Lipinski definition) is 2. The normalized spacial score (nSPS) is 10.1. The minimum Gasteiger partial charge on any atom is -0.399 e. The summed E-state index contributed by atoms with van der Waals surface area (Å²) in [7, 11) is 0. The van der Waals surface area contributed by atoms with Gasteiger partial charge in [-0.15, -0.1) is 0 Å². The molecule has 0 aliphatic carbocycles. The Morgan fingerprint density at radius 1 is 1.17 bits per heavy atom. The minimum absolute atomic E-state index is 0.0911. The van der Waals surface area contributed by atoms with Crippen molar-refractivity contribution in [2.24, 2.45) is 0 Å².